The molecule has 1 aromatic carbocycles. The van der Waals surface area contributed by atoms with Crippen LogP contribution < -0.4 is 10.2 Å². The van der Waals surface area contributed by atoms with Crippen LogP contribution in [0, 0.1) is 5.92 Å². The molecule has 0 saturated carbocycles. The Bertz CT molecular complexity index is 1030. The van der Waals surface area contributed by atoms with Gasteiger partial charge in [-0.15, -0.1) is 5.10 Å². The molecular formula is C23H33N6OS+. The molecule has 1 fully saturated rings. The van der Waals surface area contributed by atoms with E-state index in [4.69, 9.17) is 15.1 Å². The van der Waals surface area contributed by atoms with E-state index in [0.29, 0.717) is 18.2 Å². The Hall–Kier alpha value is -2.19. The first-order valence-corrected chi connectivity index (χ1v) is 12.5. The second-order valence-electron chi connectivity index (χ2n) is 8.81. The summed E-state index contributed by atoms with van der Waals surface area (Å²) in [5.74, 6) is 1.79. The number of benzene rings is 1. The maximum atomic E-state index is 12.3. The lowest BCUT2D eigenvalue weighted by Gasteiger charge is -2.22. The van der Waals surface area contributed by atoms with Gasteiger partial charge in [0.25, 0.3) is 0 Å². The first-order valence-electron chi connectivity index (χ1n) is 11.5. The van der Waals surface area contributed by atoms with Gasteiger partial charge in [0.05, 0.1) is 37.3 Å². The van der Waals surface area contributed by atoms with E-state index in [0.717, 1.165) is 46.9 Å². The number of amides is 1. The van der Waals surface area contributed by atoms with Crippen LogP contribution in [0.2, 0.25) is 0 Å². The van der Waals surface area contributed by atoms with Crippen molar-refractivity contribution in [1.29, 1.82) is 0 Å². The highest BCUT2D eigenvalue weighted by Gasteiger charge is 2.18. The molecule has 0 radical (unpaired) electrons. The average Bonchev–Trinajstić information content (AvgIpc) is 3.21. The summed E-state index contributed by atoms with van der Waals surface area (Å²) in [7, 11) is 0. The molecule has 8 heteroatoms. The molecule has 1 aliphatic rings. The number of thioether (sulfide) groups is 1. The zero-order valence-corrected chi connectivity index (χ0v) is 19.4. The molecule has 1 amide bonds. The van der Waals surface area contributed by atoms with E-state index in [9.17, 15) is 4.79 Å². The number of rotatable bonds is 9. The molecule has 2 aromatic heterocycles. The van der Waals surface area contributed by atoms with Crippen molar-refractivity contribution in [3.8, 4) is 0 Å². The number of nitrogens with zero attached hydrogens (tertiary/aromatic N) is 4. The highest BCUT2D eigenvalue weighted by molar-refractivity contribution is 7.99. The van der Waals surface area contributed by atoms with Crippen molar-refractivity contribution in [3.05, 3.63) is 30.1 Å². The van der Waals surface area contributed by atoms with Gasteiger partial charge >= 0.3 is 0 Å². The van der Waals surface area contributed by atoms with Gasteiger partial charge in [0.1, 0.15) is 0 Å². The Morgan fingerprint density at radius 1 is 1.19 bits per heavy atom. The Kier molecular flexibility index (Phi) is 7.40. The minimum Gasteiger partial charge on any atom is -0.355 e. The van der Waals surface area contributed by atoms with E-state index in [1.165, 1.54) is 44.1 Å². The summed E-state index contributed by atoms with van der Waals surface area (Å²) in [5, 5.41) is 9.50. The van der Waals surface area contributed by atoms with Crippen LogP contribution in [0.1, 0.15) is 45.4 Å². The number of carbonyl (C=O) groups is 1. The number of fused-ring (bicyclic) bond motifs is 3. The summed E-state index contributed by atoms with van der Waals surface area (Å²) in [6.07, 6.45) is 5.86. The van der Waals surface area contributed by atoms with Crippen LogP contribution >= 0.6 is 11.8 Å². The first-order chi connectivity index (χ1) is 15.1. The number of para-hydroxylation sites is 1. The normalized spacial score (nSPS) is 15.2. The third kappa shape index (κ3) is 5.74. The van der Waals surface area contributed by atoms with Gasteiger partial charge in [-0.3, -0.25) is 4.79 Å². The van der Waals surface area contributed by atoms with Gasteiger partial charge in [-0.1, -0.05) is 37.7 Å². The molecule has 31 heavy (non-hydrogen) atoms. The fourth-order valence-corrected chi connectivity index (χ4v) is 4.82. The zero-order valence-electron chi connectivity index (χ0n) is 18.6. The molecule has 7 nitrogen and oxygen atoms in total. The van der Waals surface area contributed by atoms with Crippen LogP contribution in [0.3, 0.4) is 0 Å². The number of hydrogen-bond acceptors (Lipinski definition) is 5. The topological polar surface area (TPSA) is 76.6 Å². The molecule has 1 aliphatic heterocycles. The lowest BCUT2D eigenvalue weighted by atomic mass is 10.1. The third-order valence-electron chi connectivity index (χ3n) is 5.83. The molecule has 3 aromatic rings. The summed E-state index contributed by atoms with van der Waals surface area (Å²) in [4.78, 5) is 23.6. The van der Waals surface area contributed by atoms with Gasteiger partial charge in [0.15, 0.2) is 16.6 Å². The molecule has 0 atom stereocenters. The van der Waals surface area contributed by atoms with E-state index in [2.05, 4.69) is 19.2 Å². The molecule has 3 heterocycles. The summed E-state index contributed by atoms with van der Waals surface area (Å²) in [6, 6.07) is 8.02. The molecule has 0 bridgehead atoms. The predicted molar refractivity (Wildman–Crippen MR) is 125 cm³/mol. The van der Waals surface area contributed by atoms with Crippen molar-refractivity contribution in [3.63, 3.8) is 0 Å². The van der Waals surface area contributed by atoms with E-state index >= 15 is 0 Å². The Balaban J connectivity index is 1.51. The lowest BCUT2D eigenvalue weighted by molar-refractivity contribution is -0.904. The number of nitrogens with one attached hydrogen (secondary N) is 2. The van der Waals surface area contributed by atoms with Crippen molar-refractivity contribution in [1.82, 2.24) is 24.9 Å². The van der Waals surface area contributed by atoms with E-state index in [-0.39, 0.29) is 5.91 Å². The van der Waals surface area contributed by atoms with Crippen molar-refractivity contribution < 1.29 is 9.69 Å². The van der Waals surface area contributed by atoms with Crippen molar-refractivity contribution >= 4 is 34.2 Å². The van der Waals surface area contributed by atoms with E-state index in [1.807, 2.05) is 28.8 Å². The Morgan fingerprint density at radius 3 is 2.81 bits per heavy atom. The fourth-order valence-electron chi connectivity index (χ4n) is 4.04. The zero-order chi connectivity index (χ0) is 21.6. The average molecular weight is 442 g/mol. The third-order valence-corrected chi connectivity index (χ3v) is 6.76. The summed E-state index contributed by atoms with van der Waals surface area (Å²) >= 11 is 1.42. The summed E-state index contributed by atoms with van der Waals surface area (Å²) < 4.78 is 1.83. The van der Waals surface area contributed by atoms with Crippen LogP contribution in [-0.2, 0) is 11.2 Å². The maximum Gasteiger partial charge on any atom is 0.230 e. The number of hydrogen-bond donors (Lipinski definition) is 2. The van der Waals surface area contributed by atoms with Gasteiger partial charge < -0.3 is 10.2 Å². The maximum absolute atomic E-state index is 12.3. The largest absolute Gasteiger partial charge is 0.355 e. The Labute approximate surface area is 188 Å². The molecule has 166 valence electrons. The monoisotopic (exact) mass is 441 g/mol. The van der Waals surface area contributed by atoms with Crippen LogP contribution in [-0.4, -0.2) is 57.4 Å². The van der Waals surface area contributed by atoms with E-state index < -0.39 is 0 Å². The summed E-state index contributed by atoms with van der Waals surface area (Å²) in [6.45, 7) is 8.61. The minimum atomic E-state index is 0.0304. The van der Waals surface area contributed by atoms with Crippen molar-refractivity contribution in [2.75, 3.05) is 31.9 Å². The van der Waals surface area contributed by atoms with Gasteiger partial charge in [-0.25, -0.2) is 9.97 Å². The number of aromatic nitrogens is 4. The smallest absolute Gasteiger partial charge is 0.230 e. The van der Waals surface area contributed by atoms with Crippen molar-refractivity contribution in [2.45, 2.75) is 51.1 Å². The van der Waals surface area contributed by atoms with Gasteiger partial charge in [-0.2, -0.15) is 4.52 Å². The van der Waals surface area contributed by atoms with Crippen LogP contribution in [0.15, 0.2) is 29.4 Å². The molecular weight excluding hydrogens is 408 g/mol. The van der Waals surface area contributed by atoms with E-state index in [1.54, 1.807) is 4.90 Å². The van der Waals surface area contributed by atoms with Crippen LogP contribution in [0.5, 0.6) is 0 Å². The van der Waals surface area contributed by atoms with Gasteiger partial charge in [0.2, 0.25) is 5.91 Å². The molecule has 0 aliphatic carbocycles. The quantitative estimate of drug-likeness (QED) is 0.393. The van der Waals surface area contributed by atoms with Crippen LogP contribution in [0.25, 0.3) is 16.6 Å². The number of quaternary nitrogens is 1. The fraction of sp³-hybridized carbons (Fsp3) is 0.565. The number of likely N-dealkylation sites (tertiary alicyclic amines) is 1. The van der Waals surface area contributed by atoms with Crippen LogP contribution in [0.4, 0.5) is 0 Å². The molecule has 4 rings (SSSR count). The van der Waals surface area contributed by atoms with Gasteiger partial charge in [0, 0.05) is 11.9 Å². The molecule has 0 spiro atoms. The summed E-state index contributed by atoms with van der Waals surface area (Å²) in [5.41, 5.74) is 1.72. The second kappa shape index (κ2) is 10.4. The molecule has 0 unspecified atom stereocenters. The molecule has 1 saturated heterocycles. The highest BCUT2D eigenvalue weighted by atomic mass is 32.2. The second-order valence-corrected chi connectivity index (χ2v) is 9.75. The Morgan fingerprint density at radius 2 is 2.00 bits per heavy atom. The highest BCUT2D eigenvalue weighted by Crippen LogP contribution is 2.23. The minimum absolute atomic E-state index is 0.0304. The van der Waals surface area contributed by atoms with Gasteiger partial charge in [-0.05, 0) is 43.7 Å². The number of carbonyl (C=O) groups excluding carboxylic acids is 1. The first kappa shape index (κ1) is 22.0. The number of piperidine rings is 1. The lowest BCUT2D eigenvalue weighted by Crippen LogP contribution is -3.13. The standard InChI is InChI=1S/C23H32N6OS/c1-17(2)10-12-24-21(30)16-31-23-25-19-9-5-4-8-18(19)22-26-20(27-29(22)23)11-15-28-13-6-3-7-14-28/h4-5,8-9,17H,3,6-7,10-16H2,1-2H3,(H,24,30)/p+1. The SMILES string of the molecule is CC(C)CCNC(=O)CSc1nc2ccccc2c2nc(CC[NH+]3CCCCC3)nn12. The molecule has 2 N–H and O–H groups in total. The predicted octanol–water partition coefficient (Wildman–Crippen LogP) is 2.14. The van der Waals surface area contributed by atoms with Crippen molar-refractivity contribution in [2.24, 2.45) is 5.92 Å².